The number of nitro groups is 1. The number of benzene rings is 2. The number of aryl methyl sites for hydroxylation is 1. The fourth-order valence-electron chi connectivity index (χ4n) is 3.19. The minimum Gasteiger partial charge on any atom is -0.457 e. The smallest absolute Gasteiger partial charge is 0.335 e. The Morgan fingerprint density at radius 2 is 1.78 bits per heavy atom. The summed E-state index contributed by atoms with van der Waals surface area (Å²) in [6.07, 6.45) is 1.21. The van der Waals surface area contributed by atoms with Crippen molar-refractivity contribution in [2.45, 2.75) is 6.92 Å². The van der Waals surface area contributed by atoms with Gasteiger partial charge in [0.15, 0.2) is 0 Å². The van der Waals surface area contributed by atoms with Gasteiger partial charge in [-0.15, -0.1) is 0 Å². The summed E-state index contributed by atoms with van der Waals surface area (Å²) in [7, 11) is 0. The molecule has 9 nitrogen and oxygen atoms in total. The summed E-state index contributed by atoms with van der Waals surface area (Å²) >= 11 is 5.85. The summed E-state index contributed by atoms with van der Waals surface area (Å²) in [6.45, 7) is 1.77. The highest BCUT2D eigenvalue weighted by atomic mass is 35.5. The molecule has 0 bridgehead atoms. The number of barbiturate groups is 1. The Bertz CT molecular complexity index is 1310. The number of hydrogen-bond donors (Lipinski definition) is 1. The van der Waals surface area contributed by atoms with Crippen molar-refractivity contribution >= 4 is 46.9 Å². The lowest BCUT2D eigenvalue weighted by atomic mass is 10.1. The maximum absolute atomic E-state index is 12.9. The van der Waals surface area contributed by atoms with Gasteiger partial charge in [-0.1, -0.05) is 17.7 Å². The predicted octanol–water partition coefficient (Wildman–Crippen LogP) is 4.48. The SMILES string of the molecule is Cc1ccc([N+](=O)[O-])cc1-c1ccc(/C=C2/C(=O)NC(=O)N(c3ccc(Cl)cc3)C2=O)o1. The first kappa shape index (κ1) is 21.0. The monoisotopic (exact) mass is 451 g/mol. The predicted molar refractivity (Wildman–Crippen MR) is 116 cm³/mol. The zero-order valence-corrected chi connectivity index (χ0v) is 17.3. The molecule has 10 heteroatoms. The van der Waals surface area contributed by atoms with Gasteiger partial charge in [0.25, 0.3) is 17.5 Å². The second kappa shape index (κ2) is 8.12. The minimum absolute atomic E-state index is 0.0964. The van der Waals surface area contributed by atoms with Crippen LogP contribution in [0.1, 0.15) is 11.3 Å². The lowest BCUT2D eigenvalue weighted by Crippen LogP contribution is -2.54. The quantitative estimate of drug-likeness (QED) is 0.270. The number of carbonyl (C=O) groups is 3. The van der Waals surface area contributed by atoms with Crippen molar-refractivity contribution in [3.8, 4) is 11.3 Å². The first-order valence-corrected chi connectivity index (χ1v) is 9.64. The molecule has 1 aromatic heterocycles. The number of nitrogens with one attached hydrogen (secondary N) is 1. The van der Waals surface area contributed by atoms with E-state index in [0.717, 1.165) is 10.5 Å². The zero-order valence-electron chi connectivity index (χ0n) is 16.5. The number of amides is 4. The Morgan fingerprint density at radius 1 is 1.06 bits per heavy atom. The van der Waals surface area contributed by atoms with Crippen molar-refractivity contribution in [1.82, 2.24) is 5.32 Å². The number of anilines is 1. The molecule has 4 amide bonds. The molecule has 32 heavy (non-hydrogen) atoms. The molecule has 0 unspecified atom stereocenters. The van der Waals surface area contributed by atoms with Gasteiger partial charge in [0, 0.05) is 22.7 Å². The first-order chi connectivity index (χ1) is 15.2. The van der Waals surface area contributed by atoms with Crippen LogP contribution in [0.15, 0.2) is 64.6 Å². The summed E-state index contributed by atoms with van der Waals surface area (Å²) < 4.78 is 5.72. The van der Waals surface area contributed by atoms with Crippen LogP contribution in [0.3, 0.4) is 0 Å². The summed E-state index contributed by atoms with van der Waals surface area (Å²) in [5.41, 5.74) is 1.08. The Morgan fingerprint density at radius 3 is 2.47 bits per heavy atom. The van der Waals surface area contributed by atoms with E-state index in [-0.39, 0.29) is 22.7 Å². The van der Waals surface area contributed by atoms with E-state index in [4.69, 9.17) is 16.0 Å². The fourth-order valence-corrected chi connectivity index (χ4v) is 3.31. The van der Waals surface area contributed by atoms with Crippen molar-refractivity contribution < 1.29 is 23.7 Å². The van der Waals surface area contributed by atoms with E-state index in [1.165, 1.54) is 48.5 Å². The standard InChI is InChI=1S/C22H14ClN3O6/c1-12-2-5-15(26(30)31)10-17(12)19-9-8-16(32-19)11-18-20(27)24-22(29)25(21(18)28)14-6-3-13(23)4-7-14/h2-11H,1H3,(H,24,27,29)/b18-11-. The Hall–Kier alpha value is -4.24. The number of nitrogens with zero attached hydrogens (tertiary/aromatic N) is 2. The molecule has 0 radical (unpaired) electrons. The Labute approximate surface area is 186 Å². The first-order valence-electron chi connectivity index (χ1n) is 9.27. The van der Waals surface area contributed by atoms with Crippen LogP contribution in [0, 0.1) is 17.0 Å². The average Bonchev–Trinajstić information content (AvgIpc) is 3.21. The third-order valence-electron chi connectivity index (χ3n) is 4.80. The van der Waals surface area contributed by atoms with E-state index >= 15 is 0 Å². The molecule has 2 heterocycles. The third-order valence-corrected chi connectivity index (χ3v) is 5.05. The lowest BCUT2D eigenvalue weighted by Gasteiger charge is -2.26. The molecule has 2 aromatic carbocycles. The van der Waals surface area contributed by atoms with Gasteiger partial charge < -0.3 is 4.42 Å². The maximum Gasteiger partial charge on any atom is 0.335 e. The van der Waals surface area contributed by atoms with Gasteiger partial charge in [0.1, 0.15) is 17.1 Å². The maximum atomic E-state index is 12.9. The number of urea groups is 1. The largest absolute Gasteiger partial charge is 0.457 e. The molecule has 0 aliphatic carbocycles. The van der Waals surface area contributed by atoms with Gasteiger partial charge in [0.2, 0.25) is 0 Å². The number of non-ortho nitro benzene ring substituents is 1. The van der Waals surface area contributed by atoms with Crippen molar-refractivity contribution in [3.05, 3.63) is 86.6 Å². The number of hydrogen-bond acceptors (Lipinski definition) is 6. The second-order valence-corrected chi connectivity index (χ2v) is 7.33. The minimum atomic E-state index is -0.883. The summed E-state index contributed by atoms with van der Waals surface area (Å²) in [5.74, 6) is -1.21. The van der Waals surface area contributed by atoms with Crippen LogP contribution < -0.4 is 10.2 Å². The highest BCUT2D eigenvalue weighted by Crippen LogP contribution is 2.30. The zero-order chi connectivity index (χ0) is 23.0. The molecular weight excluding hydrogens is 438 g/mol. The van der Waals surface area contributed by atoms with E-state index in [2.05, 4.69) is 5.32 Å². The van der Waals surface area contributed by atoms with Crippen LogP contribution in [-0.2, 0) is 9.59 Å². The summed E-state index contributed by atoms with van der Waals surface area (Å²) in [4.78, 5) is 48.9. The molecule has 0 atom stereocenters. The van der Waals surface area contributed by atoms with Crippen LogP contribution in [0.4, 0.5) is 16.2 Å². The summed E-state index contributed by atoms with van der Waals surface area (Å²) in [5, 5.41) is 13.6. The molecule has 1 aliphatic heterocycles. The number of rotatable bonds is 4. The van der Waals surface area contributed by atoms with E-state index in [1.807, 2.05) is 0 Å². The molecule has 0 spiro atoms. The highest BCUT2D eigenvalue weighted by molar-refractivity contribution is 6.39. The van der Waals surface area contributed by atoms with Crippen molar-refractivity contribution in [3.63, 3.8) is 0 Å². The fraction of sp³-hybridized carbons (Fsp3) is 0.0455. The van der Waals surface area contributed by atoms with Gasteiger partial charge in [0.05, 0.1) is 10.6 Å². The molecule has 1 saturated heterocycles. The summed E-state index contributed by atoms with van der Waals surface area (Å²) in [6, 6.07) is 12.5. The van der Waals surface area contributed by atoms with Gasteiger partial charge >= 0.3 is 6.03 Å². The highest BCUT2D eigenvalue weighted by Gasteiger charge is 2.37. The van der Waals surface area contributed by atoms with Gasteiger partial charge in [-0.2, -0.15) is 0 Å². The molecule has 1 aliphatic rings. The Kier molecular flexibility index (Phi) is 5.33. The van der Waals surface area contributed by atoms with E-state index in [0.29, 0.717) is 16.3 Å². The van der Waals surface area contributed by atoms with Crippen LogP contribution in [0.2, 0.25) is 5.02 Å². The molecule has 160 valence electrons. The second-order valence-electron chi connectivity index (χ2n) is 6.89. The van der Waals surface area contributed by atoms with E-state index in [1.54, 1.807) is 19.1 Å². The van der Waals surface area contributed by atoms with Crippen LogP contribution in [-0.4, -0.2) is 22.8 Å². The van der Waals surface area contributed by atoms with Crippen LogP contribution in [0.25, 0.3) is 17.4 Å². The lowest BCUT2D eigenvalue weighted by molar-refractivity contribution is -0.384. The van der Waals surface area contributed by atoms with E-state index < -0.39 is 22.8 Å². The number of furan rings is 1. The molecular formula is C22H14ClN3O6. The Balaban J connectivity index is 1.69. The third kappa shape index (κ3) is 3.88. The van der Waals surface area contributed by atoms with E-state index in [9.17, 15) is 24.5 Å². The molecule has 1 fully saturated rings. The molecule has 1 N–H and O–H groups in total. The normalized spacial score (nSPS) is 15.2. The van der Waals surface area contributed by atoms with Gasteiger partial charge in [-0.3, -0.25) is 25.0 Å². The van der Waals surface area contributed by atoms with Crippen molar-refractivity contribution in [2.24, 2.45) is 0 Å². The number of halogens is 1. The molecule has 3 aromatic rings. The van der Waals surface area contributed by atoms with Crippen molar-refractivity contribution in [1.29, 1.82) is 0 Å². The van der Waals surface area contributed by atoms with Crippen LogP contribution in [0.5, 0.6) is 0 Å². The van der Waals surface area contributed by atoms with Crippen LogP contribution >= 0.6 is 11.6 Å². The number of nitro benzene ring substituents is 1. The topological polar surface area (TPSA) is 123 Å². The average molecular weight is 452 g/mol. The van der Waals surface area contributed by atoms with Gasteiger partial charge in [-0.25, -0.2) is 9.69 Å². The molecule has 0 saturated carbocycles. The molecule has 4 rings (SSSR count). The van der Waals surface area contributed by atoms with Gasteiger partial charge in [-0.05, 0) is 55.0 Å². The number of carbonyl (C=O) groups excluding carboxylic acids is 3. The number of imide groups is 2. The van der Waals surface area contributed by atoms with Crippen molar-refractivity contribution in [2.75, 3.05) is 4.90 Å².